The average molecular weight is 332 g/mol. The maximum absolute atomic E-state index is 3.17. The topological polar surface area (TPSA) is 3.24 Å². The second kappa shape index (κ2) is 7.31. The Labute approximate surface area is 121 Å². The Morgan fingerprint density at radius 3 is 2.28 bits per heavy atom. The Morgan fingerprint density at radius 1 is 1.06 bits per heavy atom. The van der Waals surface area contributed by atoms with Gasteiger partial charge < -0.3 is 0 Å². The molecule has 0 amide bonds. The van der Waals surface area contributed by atoms with E-state index < -0.39 is 0 Å². The third-order valence-corrected chi connectivity index (χ3v) is 4.57. The van der Waals surface area contributed by atoms with Gasteiger partial charge in [0, 0.05) is 0 Å². The van der Waals surface area contributed by atoms with Crippen molar-refractivity contribution in [2.45, 2.75) is 58.5 Å². The maximum atomic E-state index is 3.17. The Kier molecular flexibility index (Phi) is 5.72. The minimum absolute atomic E-state index is 1.09. The summed E-state index contributed by atoms with van der Waals surface area (Å²) in [5.74, 6) is 0. The van der Waals surface area contributed by atoms with Crippen molar-refractivity contribution in [1.82, 2.24) is 4.90 Å². The molecule has 0 fully saturated rings. The fourth-order valence-electron chi connectivity index (χ4n) is 2.52. The van der Waals surface area contributed by atoms with E-state index in [1.807, 2.05) is 0 Å². The quantitative estimate of drug-likeness (QED) is 0.538. The van der Waals surface area contributed by atoms with Crippen molar-refractivity contribution in [3.63, 3.8) is 0 Å². The molecule has 0 saturated carbocycles. The Bertz CT molecular complexity index is 375. The Morgan fingerprint density at radius 2 is 1.67 bits per heavy atom. The summed E-state index contributed by atoms with van der Waals surface area (Å²) in [5, 5.41) is 0. The number of rotatable bonds is 7. The van der Waals surface area contributed by atoms with Crippen LogP contribution < -0.4 is 0 Å². The van der Waals surface area contributed by atoms with Crippen molar-refractivity contribution in [2.24, 2.45) is 0 Å². The van der Waals surface area contributed by atoms with Crippen LogP contribution >= 0.6 is 0 Å². The normalized spacial score (nSPS) is 14.8. The van der Waals surface area contributed by atoms with Gasteiger partial charge in [0.05, 0.1) is 0 Å². The van der Waals surface area contributed by atoms with E-state index in [4.69, 9.17) is 0 Å². The van der Waals surface area contributed by atoms with Crippen LogP contribution in [-0.4, -0.2) is 9.13 Å². The summed E-state index contributed by atoms with van der Waals surface area (Å²) in [6, 6.07) is 8.80. The molecule has 0 unspecified atom stereocenters. The molecular formula is C16H23NRh. The second-order valence-corrected chi connectivity index (χ2v) is 6.09. The molecule has 1 aliphatic rings. The van der Waals surface area contributed by atoms with E-state index in [0.717, 1.165) is 13.1 Å². The molecule has 2 rings (SSSR count). The fraction of sp³-hybridized carbons (Fsp3) is 0.562. The zero-order chi connectivity index (χ0) is 12.8. The first-order valence-electron chi connectivity index (χ1n) is 7.12. The number of hydrogen-bond acceptors (Lipinski definition) is 1. The van der Waals surface area contributed by atoms with Crippen LogP contribution in [0.4, 0.5) is 0 Å². The molecule has 0 N–H and O–H groups in total. The molecule has 1 heterocycles. The summed E-state index contributed by atoms with van der Waals surface area (Å²) in [5.41, 5.74) is 3.00. The van der Waals surface area contributed by atoms with Gasteiger partial charge in [0.2, 0.25) is 0 Å². The van der Waals surface area contributed by atoms with Gasteiger partial charge in [-0.15, -0.1) is 0 Å². The zero-order valence-electron chi connectivity index (χ0n) is 11.2. The van der Waals surface area contributed by atoms with Gasteiger partial charge in [-0.25, -0.2) is 0 Å². The molecule has 0 aromatic heterocycles. The van der Waals surface area contributed by atoms with Gasteiger partial charge in [0.1, 0.15) is 0 Å². The number of nitrogens with zero attached hydrogens (tertiary/aromatic N) is 1. The van der Waals surface area contributed by atoms with E-state index in [-0.39, 0.29) is 0 Å². The first-order chi connectivity index (χ1) is 8.81. The molecule has 0 spiro atoms. The van der Waals surface area contributed by atoms with Gasteiger partial charge in [0.15, 0.2) is 0 Å². The third kappa shape index (κ3) is 3.83. The number of fused-ring (bicyclic) bond motifs is 1. The van der Waals surface area contributed by atoms with Crippen LogP contribution in [0.15, 0.2) is 24.3 Å². The van der Waals surface area contributed by atoms with Crippen LogP contribution in [0.2, 0.25) is 0 Å². The van der Waals surface area contributed by atoms with E-state index in [9.17, 15) is 0 Å². The molecule has 2 heteroatoms. The van der Waals surface area contributed by atoms with Gasteiger partial charge in [0.25, 0.3) is 0 Å². The average Bonchev–Trinajstić information content (AvgIpc) is 2.82. The third-order valence-electron chi connectivity index (χ3n) is 3.65. The molecule has 0 atom stereocenters. The zero-order valence-corrected chi connectivity index (χ0v) is 12.9. The number of hydrogen-bond donors (Lipinski definition) is 0. The number of benzene rings is 1. The van der Waals surface area contributed by atoms with Gasteiger partial charge in [-0.05, 0) is 0 Å². The molecule has 1 aromatic carbocycles. The fourth-order valence-corrected chi connectivity index (χ4v) is 3.07. The van der Waals surface area contributed by atoms with Crippen LogP contribution in [0, 0.1) is 0 Å². The summed E-state index contributed by atoms with van der Waals surface area (Å²) in [6.07, 6.45) is 8.05. The van der Waals surface area contributed by atoms with Gasteiger partial charge >= 0.3 is 121 Å². The summed E-state index contributed by atoms with van der Waals surface area (Å²) in [7, 11) is 0. The molecule has 0 aliphatic carbocycles. The first-order valence-corrected chi connectivity index (χ1v) is 7.94. The van der Waals surface area contributed by atoms with Gasteiger partial charge in [-0.1, -0.05) is 0 Å². The molecular weight excluding hydrogens is 309 g/mol. The van der Waals surface area contributed by atoms with Crippen molar-refractivity contribution >= 4 is 4.23 Å². The summed E-state index contributed by atoms with van der Waals surface area (Å²) < 4.78 is 1.46. The van der Waals surface area contributed by atoms with E-state index >= 15 is 0 Å². The first kappa shape index (κ1) is 14.1. The van der Waals surface area contributed by atoms with Crippen LogP contribution in [0.5, 0.6) is 0 Å². The van der Waals surface area contributed by atoms with Crippen molar-refractivity contribution < 1.29 is 17.9 Å². The van der Waals surface area contributed by atoms with Gasteiger partial charge in [-0.2, -0.15) is 0 Å². The van der Waals surface area contributed by atoms with Crippen molar-refractivity contribution in [3.05, 3.63) is 35.4 Å². The SMILES string of the molecule is CCCCCCC[C](=[Rh])N1Cc2ccccc2C1. The van der Waals surface area contributed by atoms with E-state index in [0.29, 0.717) is 0 Å². The molecule has 0 bridgehead atoms. The van der Waals surface area contributed by atoms with Crippen LogP contribution in [0.25, 0.3) is 0 Å². The Balaban J connectivity index is 1.72. The summed E-state index contributed by atoms with van der Waals surface area (Å²) in [4.78, 5) is 2.50. The van der Waals surface area contributed by atoms with E-state index in [1.54, 1.807) is 0 Å². The van der Waals surface area contributed by atoms with Crippen LogP contribution in [-0.2, 0) is 30.9 Å². The van der Waals surface area contributed by atoms with Crippen LogP contribution in [0.3, 0.4) is 0 Å². The molecule has 1 aliphatic heterocycles. The minimum atomic E-state index is 1.09. The molecule has 1 nitrogen and oxygen atoms in total. The summed E-state index contributed by atoms with van der Waals surface area (Å²) >= 11 is 3.17. The predicted octanol–water partition coefficient (Wildman–Crippen LogP) is 4.04. The molecule has 18 heavy (non-hydrogen) atoms. The van der Waals surface area contributed by atoms with Crippen molar-refractivity contribution in [3.8, 4) is 0 Å². The summed E-state index contributed by atoms with van der Waals surface area (Å²) in [6.45, 7) is 4.46. The predicted molar refractivity (Wildman–Crippen MR) is 74.1 cm³/mol. The molecule has 0 saturated heterocycles. The van der Waals surface area contributed by atoms with Crippen molar-refractivity contribution in [2.75, 3.05) is 0 Å². The van der Waals surface area contributed by atoms with E-state index in [2.05, 4.69) is 53.9 Å². The Hall–Kier alpha value is -0.327. The standard InChI is InChI=1S/C16H23N.Rh/c1-2-3-4-5-6-9-12-17-13-15-10-7-8-11-16(15)14-17;/h7-8,10-11H,2-6,9,13-14H2,1H3;. The molecule has 1 aromatic rings. The second-order valence-electron chi connectivity index (χ2n) is 5.14. The van der Waals surface area contributed by atoms with Crippen LogP contribution in [0.1, 0.15) is 56.6 Å². The van der Waals surface area contributed by atoms with Crippen molar-refractivity contribution in [1.29, 1.82) is 0 Å². The van der Waals surface area contributed by atoms with Gasteiger partial charge in [-0.3, -0.25) is 0 Å². The molecule has 101 valence electrons. The number of unbranched alkanes of at least 4 members (excludes halogenated alkanes) is 4. The molecule has 0 radical (unpaired) electrons. The van der Waals surface area contributed by atoms with E-state index in [1.165, 1.54) is 53.9 Å². The monoisotopic (exact) mass is 332 g/mol.